The average Bonchev–Trinajstić information content (AvgIpc) is 2.77. The number of oxazole rings is 1. The Kier molecular flexibility index (Phi) is 3.10. The van der Waals surface area contributed by atoms with E-state index in [0.29, 0.717) is 5.58 Å². The van der Waals surface area contributed by atoms with Crippen LogP contribution in [0.2, 0.25) is 0 Å². The maximum Gasteiger partial charge on any atom is 0.219 e. The van der Waals surface area contributed by atoms with Crippen LogP contribution < -0.4 is 0 Å². The lowest BCUT2D eigenvalue weighted by Crippen LogP contribution is -2.31. The summed E-state index contributed by atoms with van der Waals surface area (Å²) in [6.07, 6.45) is 1.37. The van der Waals surface area contributed by atoms with Gasteiger partial charge in [-0.1, -0.05) is 6.07 Å². The lowest BCUT2D eigenvalue weighted by molar-refractivity contribution is -0.130. The molecule has 0 aliphatic rings. The molecule has 0 saturated heterocycles. The predicted octanol–water partition coefficient (Wildman–Crippen LogP) is 1.34. The second-order valence-corrected chi connectivity index (χ2v) is 3.91. The predicted molar refractivity (Wildman–Crippen MR) is 62.3 cm³/mol. The Morgan fingerprint density at radius 3 is 3.00 bits per heavy atom. The Hall–Kier alpha value is -1.88. The number of benzene rings is 1. The van der Waals surface area contributed by atoms with Gasteiger partial charge in [-0.2, -0.15) is 0 Å². The third-order valence-corrected chi connectivity index (χ3v) is 2.88. The van der Waals surface area contributed by atoms with Gasteiger partial charge in [0, 0.05) is 14.0 Å². The molecule has 0 fully saturated rings. The first-order valence-electron chi connectivity index (χ1n) is 5.31. The molecule has 2 rings (SSSR count). The smallest absolute Gasteiger partial charge is 0.219 e. The number of hydrogen-bond acceptors (Lipinski definition) is 4. The van der Waals surface area contributed by atoms with E-state index >= 15 is 0 Å². The molecule has 1 amide bonds. The van der Waals surface area contributed by atoms with Crippen molar-refractivity contribution in [2.24, 2.45) is 0 Å². The number of aliphatic hydroxyl groups excluding tert-OH is 1. The van der Waals surface area contributed by atoms with Crippen LogP contribution in [-0.2, 0) is 4.79 Å². The third-order valence-electron chi connectivity index (χ3n) is 2.88. The van der Waals surface area contributed by atoms with Crippen LogP contribution in [0.5, 0.6) is 0 Å². The SMILES string of the molecule is CC(=O)N(C)C(CO)c1ccc2ncoc2c1. The second-order valence-electron chi connectivity index (χ2n) is 3.91. The quantitative estimate of drug-likeness (QED) is 0.870. The molecule has 1 unspecified atom stereocenters. The number of likely N-dealkylation sites (N-methyl/N-ethyl adjacent to an activating group) is 1. The van der Waals surface area contributed by atoms with E-state index in [1.807, 2.05) is 12.1 Å². The molecular weight excluding hydrogens is 220 g/mol. The van der Waals surface area contributed by atoms with Crippen LogP contribution >= 0.6 is 0 Å². The van der Waals surface area contributed by atoms with Crippen LogP contribution in [0.3, 0.4) is 0 Å². The zero-order valence-electron chi connectivity index (χ0n) is 9.75. The minimum absolute atomic E-state index is 0.0956. The Morgan fingerprint density at radius 1 is 1.59 bits per heavy atom. The highest BCUT2D eigenvalue weighted by atomic mass is 16.3. The van der Waals surface area contributed by atoms with Crippen molar-refractivity contribution in [2.75, 3.05) is 13.7 Å². The van der Waals surface area contributed by atoms with Crippen molar-refractivity contribution in [3.05, 3.63) is 30.2 Å². The molecule has 0 aliphatic carbocycles. The van der Waals surface area contributed by atoms with E-state index in [4.69, 9.17) is 4.42 Å². The number of nitrogens with zero attached hydrogens (tertiary/aromatic N) is 2. The van der Waals surface area contributed by atoms with Gasteiger partial charge in [0.1, 0.15) is 5.52 Å². The van der Waals surface area contributed by atoms with Gasteiger partial charge in [0.2, 0.25) is 5.91 Å². The number of aliphatic hydroxyl groups is 1. The summed E-state index contributed by atoms with van der Waals surface area (Å²) >= 11 is 0. The largest absolute Gasteiger partial charge is 0.443 e. The van der Waals surface area contributed by atoms with E-state index in [2.05, 4.69) is 4.98 Å². The van der Waals surface area contributed by atoms with Gasteiger partial charge in [-0.15, -0.1) is 0 Å². The van der Waals surface area contributed by atoms with Crippen LogP contribution in [-0.4, -0.2) is 34.6 Å². The van der Waals surface area contributed by atoms with Crippen LogP contribution in [0, 0.1) is 0 Å². The summed E-state index contributed by atoms with van der Waals surface area (Å²) in [5, 5.41) is 9.38. The van der Waals surface area contributed by atoms with E-state index < -0.39 is 0 Å². The molecule has 0 saturated carbocycles. The lowest BCUT2D eigenvalue weighted by Gasteiger charge is -2.25. The number of aromatic nitrogens is 1. The molecule has 1 atom stereocenters. The first kappa shape index (κ1) is 11.6. The molecule has 1 aromatic carbocycles. The number of fused-ring (bicyclic) bond motifs is 1. The number of amides is 1. The molecule has 0 aliphatic heterocycles. The van der Waals surface area contributed by atoms with Crippen LogP contribution in [0.15, 0.2) is 29.0 Å². The Bertz CT molecular complexity index is 535. The Morgan fingerprint density at radius 2 is 2.35 bits per heavy atom. The van der Waals surface area contributed by atoms with Gasteiger partial charge in [-0.05, 0) is 17.7 Å². The highest BCUT2D eigenvalue weighted by Crippen LogP contribution is 2.23. The molecular formula is C12H14N2O3. The molecule has 5 nitrogen and oxygen atoms in total. The fourth-order valence-electron chi connectivity index (χ4n) is 1.75. The van der Waals surface area contributed by atoms with Crippen LogP contribution in [0.4, 0.5) is 0 Å². The molecule has 1 heterocycles. The molecule has 0 radical (unpaired) electrons. The number of hydrogen-bond donors (Lipinski definition) is 1. The number of rotatable bonds is 3. The normalized spacial score (nSPS) is 12.6. The fraction of sp³-hybridized carbons (Fsp3) is 0.333. The minimum Gasteiger partial charge on any atom is -0.443 e. The summed E-state index contributed by atoms with van der Waals surface area (Å²) < 4.78 is 5.20. The van der Waals surface area contributed by atoms with Gasteiger partial charge in [0.25, 0.3) is 0 Å². The number of carbonyl (C=O) groups is 1. The second kappa shape index (κ2) is 4.55. The van der Waals surface area contributed by atoms with Crippen molar-refractivity contribution < 1.29 is 14.3 Å². The van der Waals surface area contributed by atoms with Gasteiger partial charge in [0.05, 0.1) is 12.6 Å². The molecule has 1 N–H and O–H groups in total. The van der Waals surface area contributed by atoms with E-state index in [-0.39, 0.29) is 18.6 Å². The van der Waals surface area contributed by atoms with E-state index in [1.54, 1.807) is 13.1 Å². The molecule has 1 aromatic heterocycles. The summed E-state index contributed by atoms with van der Waals surface area (Å²) in [5.74, 6) is -0.0956. The Labute approximate surface area is 98.7 Å². The van der Waals surface area contributed by atoms with Crippen molar-refractivity contribution in [1.82, 2.24) is 9.88 Å². The summed E-state index contributed by atoms with van der Waals surface area (Å²) in [6.45, 7) is 1.34. The summed E-state index contributed by atoms with van der Waals surface area (Å²) in [5.41, 5.74) is 2.24. The summed E-state index contributed by atoms with van der Waals surface area (Å²) in [6, 6.07) is 5.08. The van der Waals surface area contributed by atoms with E-state index in [1.165, 1.54) is 18.2 Å². The van der Waals surface area contributed by atoms with Crippen molar-refractivity contribution in [3.8, 4) is 0 Å². The molecule has 90 valence electrons. The molecule has 5 heteroatoms. The third kappa shape index (κ3) is 2.14. The highest BCUT2D eigenvalue weighted by Gasteiger charge is 2.19. The van der Waals surface area contributed by atoms with Crippen molar-refractivity contribution in [2.45, 2.75) is 13.0 Å². The van der Waals surface area contributed by atoms with Gasteiger partial charge in [-0.3, -0.25) is 4.79 Å². The zero-order chi connectivity index (χ0) is 12.4. The van der Waals surface area contributed by atoms with Gasteiger partial charge < -0.3 is 14.4 Å². The molecule has 0 spiro atoms. The molecule has 0 bridgehead atoms. The zero-order valence-corrected chi connectivity index (χ0v) is 9.75. The van der Waals surface area contributed by atoms with Crippen LogP contribution in [0.25, 0.3) is 11.1 Å². The first-order valence-corrected chi connectivity index (χ1v) is 5.31. The van der Waals surface area contributed by atoms with E-state index in [0.717, 1.165) is 11.1 Å². The lowest BCUT2D eigenvalue weighted by atomic mass is 10.1. The fourth-order valence-corrected chi connectivity index (χ4v) is 1.75. The number of carbonyl (C=O) groups excluding carboxylic acids is 1. The van der Waals surface area contributed by atoms with Gasteiger partial charge in [-0.25, -0.2) is 4.98 Å². The highest BCUT2D eigenvalue weighted by molar-refractivity contribution is 5.75. The summed E-state index contributed by atoms with van der Waals surface area (Å²) in [7, 11) is 1.66. The van der Waals surface area contributed by atoms with Crippen molar-refractivity contribution in [3.63, 3.8) is 0 Å². The topological polar surface area (TPSA) is 66.6 Å². The Balaban J connectivity index is 2.38. The first-order chi connectivity index (χ1) is 8.13. The average molecular weight is 234 g/mol. The minimum atomic E-state index is -0.359. The van der Waals surface area contributed by atoms with Gasteiger partial charge in [0.15, 0.2) is 12.0 Å². The van der Waals surface area contributed by atoms with E-state index in [9.17, 15) is 9.90 Å². The van der Waals surface area contributed by atoms with Gasteiger partial charge >= 0.3 is 0 Å². The van der Waals surface area contributed by atoms with Crippen LogP contribution in [0.1, 0.15) is 18.5 Å². The molecule has 17 heavy (non-hydrogen) atoms. The maximum atomic E-state index is 11.3. The van der Waals surface area contributed by atoms with Crippen molar-refractivity contribution >= 4 is 17.0 Å². The maximum absolute atomic E-state index is 11.3. The monoisotopic (exact) mass is 234 g/mol. The summed E-state index contributed by atoms with van der Waals surface area (Å²) in [4.78, 5) is 16.8. The van der Waals surface area contributed by atoms with Crippen molar-refractivity contribution in [1.29, 1.82) is 0 Å². The molecule has 2 aromatic rings. The standard InChI is InChI=1S/C12H14N2O3/c1-8(16)14(2)11(6-15)9-3-4-10-12(5-9)17-7-13-10/h3-5,7,11,15H,6H2,1-2H3.